The molecule has 0 unspecified atom stereocenters. The molecule has 0 atom stereocenters. The Bertz CT molecular complexity index is 497. The lowest BCUT2D eigenvalue weighted by Gasteiger charge is -2.11. The Morgan fingerprint density at radius 3 is 2.94 bits per heavy atom. The van der Waals surface area contributed by atoms with E-state index in [-0.39, 0.29) is 0 Å². The predicted octanol–water partition coefficient (Wildman–Crippen LogP) is 2.74. The van der Waals surface area contributed by atoms with Gasteiger partial charge in [-0.2, -0.15) is 0 Å². The molecule has 0 amide bonds. The van der Waals surface area contributed by atoms with Crippen LogP contribution in [-0.4, -0.2) is 18.6 Å². The van der Waals surface area contributed by atoms with Crippen molar-refractivity contribution >= 4 is 10.9 Å². The molecule has 3 heteroatoms. The molecule has 1 N–H and O–H groups in total. The van der Waals surface area contributed by atoms with E-state index >= 15 is 0 Å². The molecule has 0 aliphatic carbocycles. The molecule has 1 aromatic heterocycles. The van der Waals surface area contributed by atoms with E-state index in [0.717, 1.165) is 36.2 Å². The number of aromatic nitrogens is 1. The first kappa shape index (κ1) is 11.9. The standard InChI is InChI=1S/C14H18N2O/c1-3-9-17-13-7-6-11(10-15-2)12-5-4-8-16-14(12)13/h4-8,15H,3,9-10H2,1-2H3. The topological polar surface area (TPSA) is 34.1 Å². The van der Waals surface area contributed by atoms with Gasteiger partial charge in [-0.25, -0.2) is 0 Å². The molecule has 0 aliphatic heterocycles. The molecule has 0 saturated heterocycles. The van der Waals surface area contributed by atoms with Gasteiger partial charge in [-0.15, -0.1) is 0 Å². The number of hydrogen-bond acceptors (Lipinski definition) is 3. The molecule has 0 radical (unpaired) electrons. The van der Waals surface area contributed by atoms with Crippen molar-refractivity contribution in [2.24, 2.45) is 0 Å². The molecule has 17 heavy (non-hydrogen) atoms. The zero-order valence-electron chi connectivity index (χ0n) is 10.4. The second kappa shape index (κ2) is 5.64. The van der Waals surface area contributed by atoms with E-state index in [2.05, 4.69) is 29.4 Å². The van der Waals surface area contributed by atoms with E-state index < -0.39 is 0 Å². The van der Waals surface area contributed by atoms with Crippen LogP contribution in [0.5, 0.6) is 5.75 Å². The van der Waals surface area contributed by atoms with E-state index in [1.165, 1.54) is 5.56 Å². The van der Waals surface area contributed by atoms with Crippen molar-refractivity contribution in [3.8, 4) is 5.75 Å². The quantitative estimate of drug-likeness (QED) is 0.857. The minimum Gasteiger partial charge on any atom is -0.491 e. The van der Waals surface area contributed by atoms with Crippen molar-refractivity contribution in [3.05, 3.63) is 36.0 Å². The van der Waals surface area contributed by atoms with Crippen molar-refractivity contribution < 1.29 is 4.74 Å². The lowest BCUT2D eigenvalue weighted by atomic mass is 10.1. The smallest absolute Gasteiger partial charge is 0.145 e. The summed E-state index contributed by atoms with van der Waals surface area (Å²) in [5.74, 6) is 0.877. The Balaban J connectivity index is 2.46. The van der Waals surface area contributed by atoms with Crippen LogP contribution >= 0.6 is 0 Å². The summed E-state index contributed by atoms with van der Waals surface area (Å²) in [6.07, 6.45) is 2.82. The van der Waals surface area contributed by atoms with Gasteiger partial charge in [0.15, 0.2) is 0 Å². The maximum Gasteiger partial charge on any atom is 0.145 e. The first-order valence-corrected chi connectivity index (χ1v) is 6.00. The highest BCUT2D eigenvalue weighted by atomic mass is 16.5. The third kappa shape index (κ3) is 2.56. The predicted molar refractivity (Wildman–Crippen MR) is 70.3 cm³/mol. The van der Waals surface area contributed by atoms with Crippen molar-refractivity contribution in [2.45, 2.75) is 19.9 Å². The third-order valence-electron chi connectivity index (χ3n) is 2.65. The average molecular weight is 230 g/mol. The highest BCUT2D eigenvalue weighted by molar-refractivity contribution is 5.87. The van der Waals surface area contributed by atoms with Crippen LogP contribution in [-0.2, 0) is 6.54 Å². The summed E-state index contributed by atoms with van der Waals surface area (Å²) in [6.45, 7) is 3.68. The van der Waals surface area contributed by atoms with E-state index in [1.54, 1.807) is 0 Å². The van der Waals surface area contributed by atoms with Gasteiger partial charge in [0, 0.05) is 18.1 Å². The summed E-state index contributed by atoms with van der Waals surface area (Å²) in [6, 6.07) is 8.17. The highest BCUT2D eigenvalue weighted by Gasteiger charge is 2.06. The zero-order valence-corrected chi connectivity index (χ0v) is 10.4. The van der Waals surface area contributed by atoms with Crippen LogP contribution in [0.3, 0.4) is 0 Å². The number of rotatable bonds is 5. The van der Waals surface area contributed by atoms with Gasteiger partial charge in [0.1, 0.15) is 11.3 Å². The van der Waals surface area contributed by atoms with E-state index in [0.29, 0.717) is 0 Å². The summed E-state index contributed by atoms with van der Waals surface area (Å²) in [4.78, 5) is 4.42. The van der Waals surface area contributed by atoms with Crippen molar-refractivity contribution in [2.75, 3.05) is 13.7 Å². The van der Waals surface area contributed by atoms with E-state index in [4.69, 9.17) is 4.74 Å². The van der Waals surface area contributed by atoms with Crippen molar-refractivity contribution in [1.29, 1.82) is 0 Å². The summed E-state index contributed by atoms with van der Waals surface area (Å²) in [5.41, 5.74) is 2.20. The summed E-state index contributed by atoms with van der Waals surface area (Å²) < 4.78 is 5.72. The molecule has 2 aromatic rings. The van der Waals surface area contributed by atoms with Gasteiger partial charge in [-0.3, -0.25) is 4.98 Å². The molecular formula is C14H18N2O. The molecule has 0 saturated carbocycles. The van der Waals surface area contributed by atoms with Gasteiger partial charge in [0.05, 0.1) is 6.61 Å². The number of pyridine rings is 1. The van der Waals surface area contributed by atoms with Crippen LogP contribution in [0, 0.1) is 0 Å². The Morgan fingerprint density at radius 2 is 2.18 bits per heavy atom. The molecule has 0 fully saturated rings. The Hall–Kier alpha value is -1.61. The fraction of sp³-hybridized carbons (Fsp3) is 0.357. The van der Waals surface area contributed by atoms with Crippen LogP contribution in [0.1, 0.15) is 18.9 Å². The Morgan fingerprint density at radius 1 is 1.29 bits per heavy atom. The van der Waals surface area contributed by atoms with Crippen molar-refractivity contribution in [3.63, 3.8) is 0 Å². The van der Waals surface area contributed by atoms with Crippen LogP contribution in [0.2, 0.25) is 0 Å². The molecule has 3 nitrogen and oxygen atoms in total. The Labute approximate surface area is 102 Å². The first-order chi connectivity index (χ1) is 8.36. The minimum absolute atomic E-state index is 0.733. The normalized spacial score (nSPS) is 10.7. The third-order valence-corrected chi connectivity index (χ3v) is 2.65. The monoisotopic (exact) mass is 230 g/mol. The molecule has 1 aromatic carbocycles. The van der Waals surface area contributed by atoms with E-state index in [9.17, 15) is 0 Å². The maximum atomic E-state index is 5.72. The summed E-state index contributed by atoms with van der Waals surface area (Å²) in [5, 5.41) is 4.33. The number of fused-ring (bicyclic) bond motifs is 1. The average Bonchev–Trinajstić information content (AvgIpc) is 2.38. The van der Waals surface area contributed by atoms with Crippen LogP contribution in [0.25, 0.3) is 10.9 Å². The molecule has 90 valence electrons. The fourth-order valence-electron chi connectivity index (χ4n) is 1.88. The lowest BCUT2D eigenvalue weighted by molar-refractivity contribution is 0.320. The number of benzene rings is 1. The zero-order chi connectivity index (χ0) is 12.1. The number of hydrogen-bond donors (Lipinski definition) is 1. The lowest BCUT2D eigenvalue weighted by Crippen LogP contribution is -2.06. The van der Waals surface area contributed by atoms with Gasteiger partial charge < -0.3 is 10.1 Å². The molecular weight excluding hydrogens is 212 g/mol. The first-order valence-electron chi connectivity index (χ1n) is 6.00. The molecule has 1 heterocycles. The fourth-order valence-corrected chi connectivity index (χ4v) is 1.88. The van der Waals surface area contributed by atoms with Crippen molar-refractivity contribution in [1.82, 2.24) is 10.3 Å². The number of nitrogens with one attached hydrogen (secondary N) is 1. The van der Waals surface area contributed by atoms with Gasteiger partial charge in [-0.1, -0.05) is 19.1 Å². The van der Waals surface area contributed by atoms with Crippen LogP contribution < -0.4 is 10.1 Å². The number of nitrogens with zero attached hydrogens (tertiary/aromatic N) is 1. The van der Waals surface area contributed by atoms with E-state index in [1.807, 2.05) is 25.4 Å². The van der Waals surface area contributed by atoms with Crippen LogP contribution in [0.4, 0.5) is 0 Å². The van der Waals surface area contributed by atoms with Gasteiger partial charge >= 0.3 is 0 Å². The summed E-state index contributed by atoms with van der Waals surface area (Å²) >= 11 is 0. The molecule has 0 spiro atoms. The largest absolute Gasteiger partial charge is 0.491 e. The molecule has 0 bridgehead atoms. The van der Waals surface area contributed by atoms with Crippen LogP contribution in [0.15, 0.2) is 30.5 Å². The number of ether oxygens (including phenoxy) is 1. The highest BCUT2D eigenvalue weighted by Crippen LogP contribution is 2.26. The van der Waals surface area contributed by atoms with Gasteiger partial charge in [0.2, 0.25) is 0 Å². The van der Waals surface area contributed by atoms with Gasteiger partial charge in [0.25, 0.3) is 0 Å². The minimum atomic E-state index is 0.733. The second-order valence-electron chi connectivity index (χ2n) is 4.00. The SMILES string of the molecule is CCCOc1ccc(CNC)c2cccnc12. The van der Waals surface area contributed by atoms with Gasteiger partial charge in [-0.05, 0) is 31.2 Å². The molecule has 2 rings (SSSR count). The molecule has 0 aliphatic rings. The second-order valence-corrected chi connectivity index (χ2v) is 4.00. The Kier molecular flexibility index (Phi) is 3.94. The maximum absolute atomic E-state index is 5.72. The summed E-state index contributed by atoms with van der Waals surface area (Å²) in [7, 11) is 1.95.